The lowest BCUT2D eigenvalue weighted by molar-refractivity contribution is -0.140. The lowest BCUT2D eigenvalue weighted by atomic mass is 10.1. The molecule has 2 heterocycles. The Morgan fingerprint density at radius 1 is 1.22 bits per heavy atom. The minimum Gasteiger partial charge on any atom is -0.494 e. The van der Waals surface area contributed by atoms with Gasteiger partial charge >= 0.3 is 12.1 Å². The molecule has 6 nitrogen and oxygen atoms in total. The van der Waals surface area contributed by atoms with Crippen molar-refractivity contribution in [2.45, 2.75) is 20.0 Å². The van der Waals surface area contributed by atoms with Gasteiger partial charge in [-0.25, -0.2) is 14.5 Å². The average molecular weight is 379 g/mol. The highest BCUT2D eigenvalue weighted by atomic mass is 19.4. The number of rotatable bonds is 4. The highest BCUT2D eigenvalue weighted by molar-refractivity contribution is 5.93. The normalized spacial score (nSPS) is 11.6. The van der Waals surface area contributed by atoms with Crippen LogP contribution in [0.2, 0.25) is 0 Å². The molecule has 0 saturated heterocycles. The standard InChI is InChI=1S/C18H16F3N3O3/c1-4-27-17(25)12-9-24(23-10(12)2)13-6-7-14(26-3)16-11(13)5-8-15(22-16)18(19,20)21/h5-9H,4H2,1-3H3. The quantitative estimate of drug-likeness (QED) is 0.643. The molecule has 0 unspecified atom stereocenters. The summed E-state index contributed by atoms with van der Waals surface area (Å²) in [6.45, 7) is 3.56. The summed E-state index contributed by atoms with van der Waals surface area (Å²) < 4.78 is 50.6. The number of hydrogen-bond acceptors (Lipinski definition) is 5. The number of alkyl halides is 3. The fourth-order valence-corrected chi connectivity index (χ4v) is 2.69. The minimum atomic E-state index is -4.57. The Morgan fingerprint density at radius 2 is 1.96 bits per heavy atom. The van der Waals surface area contributed by atoms with Gasteiger partial charge in [0.05, 0.1) is 25.1 Å². The topological polar surface area (TPSA) is 66.2 Å². The van der Waals surface area contributed by atoms with Gasteiger partial charge in [-0.2, -0.15) is 18.3 Å². The van der Waals surface area contributed by atoms with Crippen LogP contribution < -0.4 is 4.74 Å². The van der Waals surface area contributed by atoms with E-state index in [2.05, 4.69) is 10.1 Å². The van der Waals surface area contributed by atoms with Gasteiger partial charge in [-0.15, -0.1) is 0 Å². The third-order valence-corrected chi connectivity index (χ3v) is 3.95. The smallest absolute Gasteiger partial charge is 0.433 e. The van der Waals surface area contributed by atoms with Crippen LogP contribution in [-0.2, 0) is 10.9 Å². The molecule has 27 heavy (non-hydrogen) atoms. The number of esters is 1. The van der Waals surface area contributed by atoms with Crippen LogP contribution in [0.15, 0.2) is 30.5 Å². The number of carbonyl (C=O) groups excluding carboxylic acids is 1. The molecule has 0 atom stereocenters. The minimum absolute atomic E-state index is 0.0515. The molecule has 0 bridgehead atoms. The van der Waals surface area contributed by atoms with E-state index in [4.69, 9.17) is 9.47 Å². The van der Waals surface area contributed by atoms with E-state index in [1.54, 1.807) is 19.9 Å². The fourth-order valence-electron chi connectivity index (χ4n) is 2.69. The summed E-state index contributed by atoms with van der Waals surface area (Å²) in [5, 5.41) is 4.69. The van der Waals surface area contributed by atoms with Crippen molar-refractivity contribution in [3.05, 3.63) is 47.4 Å². The maximum atomic E-state index is 13.0. The van der Waals surface area contributed by atoms with Gasteiger partial charge in [-0.1, -0.05) is 0 Å². The molecule has 142 valence electrons. The second-order valence-electron chi connectivity index (χ2n) is 5.67. The number of aromatic nitrogens is 3. The number of fused-ring (bicyclic) bond motifs is 1. The summed E-state index contributed by atoms with van der Waals surface area (Å²) >= 11 is 0. The zero-order valence-corrected chi connectivity index (χ0v) is 14.8. The molecule has 0 fully saturated rings. The van der Waals surface area contributed by atoms with Crippen molar-refractivity contribution < 1.29 is 27.4 Å². The maximum absolute atomic E-state index is 13.0. The van der Waals surface area contributed by atoms with E-state index in [0.717, 1.165) is 6.07 Å². The third kappa shape index (κ3) is 3.44. The van der Waals surface area contributed by atoms with E-state index < -0.39 is 17.8 Å². The van der Waals surface area contributed by atoms with Crippen molar-refractivity contribution in [2.75, 3.05) is 13.7 Å². The highest BCUT2D eigenvalue weighted by Gasteiger charge is 2.33. The van der Waals surface area contributed by atoms with Crippen molar-refractivity contribution in [2.24, 2.45) is 0 Å². The van der Waals surface area contributed by atoms with Crippen molar-refractivity contribution >= 4 is 16.9 Å². The highest BCUT2D eigenvalue weighted by Crippen LogP contribution is 2.34. The van der Waals surface area contributed by atoms with Crippen LogP contribution in [0.1, 0.15) is 28.7 Å². The first-order valence-corrected chi connectivity index (χ1v) is 8.05. The van der Waals surface area contributed by atoms with E-state index in [-0.39, 0.29) is 23.4 Å². The fraction of sp³-hybridized carbons (Fsp3) is 0.278. The van der Waals surface area contributed by atoms with Gasteiger partial charge in [0.1, 0.15) is 22.5 Å². The Kier molecular flexibility index (Phi) is 4.77. The Bertz CT molecular complexity index is 1010. The second kappa shape index (κ2) is 6.90. The monoisotopic (exact) mass is 379 g/mol. The molecule has 2 aromatic heterocycles. The Balaban J connectivity index is 2.19. The van der Waals surface area contributed by atoms with Crippen molar-refractivity contribution in [1.82, 2.24) is 14.8 Å². The molecule has 0 N–H and O–H groups in total. The first kappa shape index (κ1) is 18.7. The number of aryl methyl sites for hydroxylation is 1. The lowest BCUT2D eigenvalue weighted by Crippen LogP contribution is -2.08. The zero-order chi connectivity index (χ0) is 19.8. The number of halogens is 3. The Labute approximate surface area is 152 Å². The van der Waals surface area contributed by atoms with Gasteiger partial charge in [-0.3, -0.25) is 0 Å². The van der Waals surface area contributed by atoms with E-state index in [9.17, 15) is 18.0 Å². The van der Waals surface area contributed by atoms with Crippen molar-refractivity contribution in [1.29, 1.82) is 0 Å². The van der Waals surface area contributed by atoms with Gasteiger partial charge in [0.2, 0.25) is 0 Å². The molecule has 0 amide bonds. The maximum Gasteiger partial charge on any atom is 0.433 e. The van der Waals surface area contributed by atoms with Crippen molar-refractivity contribution in [3.8, 4) is 11.4 Å². The number of benzene rings is 1. The molecular weight excluding hydrogens is 363 g/mol. The molecule has 0 aliphatic heterocycles. The number of nitrogens with zero attached hydrogens (tertiary/aromatic N) is 3. The van der Waals surface area contributed by atoms with Crippen LogP contribution in [0.4, 0.5) is 13.2 Å². The predicted molar refractivity (Wildman–Crippen MR) is 91.1 cm³/mol. The molecule has 0 saturated carbocycles. The number of pyridine rings is 1. The van der Waals surface area contributed by atoms with Crippen LogP contribution in [-0.4, -0.2) is 34.5 Å². The molecular formula is C18H16F3N3O3. The summed E-state index contributed by atoms with van der Waals surface area (Å²) in [6.07, 6.45) is -3.10. The Hall–Kier alpha value is -3.10. The summed E-state index contributed by atoms with van der Waals surface area (Å²) in [7, 11) is 1.35. The third-order valence-electron chi connectivity index (χ3n) is 3.95. The van der Waals surface area contributed by atoms with Gasteiger partial charge in [0.15, 0.2) is 0 Å². The van der Waals surface area contributed by atoms with Gasteiger partial charge in [0, 0.05) is 11.6 Å². The SMILES string of the molecule is CCOC(=O)c1cn(-c2ccc(OC)c3nc(C(F)(F)F)ccc23)nc1C. The zero-order valence-electron chi connectivity index (χ0n) is 14.8. The molecule has 0 radical (unpaired) electrons. The molecule has 0 aliphatic carbocycles. The summed E-state index contributed by atoms with van der Waals surface area (Å²) in [6, 6.07) is 5.35. The lowest BCUT2D eigenvalue weighted by Gasteiger charge is -2.12. The predicted octanol–water partition coefficient (Wildman–Crippen LogP) is 3.93. The second-order valence-corrected chi connectivity index (χ2v) is 5.67. The number of methoxy groups -OCH3 is 1. The number of carbonyl (C=O) groups is 1. The molecule has 3 rings (SSSR count). The average Bonchev–Trinajstić information content (AvgIpc) is 3.01. The Morgan fingerprint density at radius 3 is 2.59 bits per heavy atom. The van der Waals surface area contributed by atoms with Crippen LogP contribution in [0.25, 0.3) is 16.6 Å². The molecule has 0 spiro atoms. The van der Waals surface area contributed by atoms with E-state index in [1.807, 2.05) is 0 Å². The first-order valence-electron chi connectivity index (χ1n) is 8.05. The molecule has 9 heteroatoms. The van der Waals surface area contributed by atoms with Gasteiger partial charge < -0.3 is 9.47 Å². The molecule has 0 aliphatic rings. The van der Waals surface area contributed by atoms with E-state index >= 15 is 0 Å². The number of hydrogen-bond donors (Lipinski definition) is 0. The summed E-state index contributed by atoms with van der Waals surface area (Å²) in [4.78, 5) is 15.7. The largest absolute Gasteiger partial charge is 0.494 e. The van der Waals surface area contributed by atoms with Crippen LogP contribution in [0, 0.1) is 6.92 Å². The van der Waals surface area contributed by atoms with Gasteiger partial charge in [-0.05, 0) is 38.1 Å². The number of ether oxygens (including phenoxy) is 2. The van der Waals surface area contributed by atoms with Crippen molar-refractivity contribution in [3.63, 3.8) is 0 Å². The van der Waals surface area contributed by atoms with E-state index in [1.165, 1.54) is 30.1 Å². The molecule has 3 aromatic rings. The van der Waals surface area contributed by atoms with E-state index in [0.29, 0.717) is 16.8 Å². The summed E-state index contributed by atoms with van der Waals surface area (Å²) in [5.74, 6) is -0.314. The van der Waals surface area contributed by atoms with Crippen LogP contribution >= 0.6 is 0 Å². The van der Waals surface area contributed by atoms with Crippen LogP contribution in [0.5, 0.6) is 5.75 Å². The first-order chi connectivity index (χ1) is 12.8. The van der Waals surface area contributed by atoms with Crippen LogP contribution in [0.3, 0.4) is 0 Å². The van der Waals surface area contributed by atoms with Gasteiger partial charge in [0.25, 0.3) is 0 Å². The molecule has 1 aromatic carbocycles. The summed E-state index contributed by atoms with van der Waals surface area (Å²) in [5.41, 5.74) is 0.216.